The van der Waals surface area contributed by atoms with Crippen LogP contribution in [0.3, 0.4) is 0 Å². The molecule has 0 bridgehead atoms. The van der Waals surface area contributed by atoms with Crippen molar-refractivity contribution in [2.24, 2.45) is 11.8 Å². The fourth-order valence-electron chi connectivity index (χ4n) is 3.09. The zero-order chi connectivity index (χ0) is 16.4. The summed E-state index contributed by atoms with van der Waals surface area (Å²) in [5.41, 5.74) is 0. The van der Waals surface area contributed by atoms with E-state index in [2.05, 4.69) is 0 Å². The average molecular weight is 308 g/mol. The lowest BCUT2D eigenvalue weighted by molar-refractivity contribution is -0.137. The number of carbonyl (C=O) groups excluding carboxylic acids is 2. The van der Waals surface area contributed by atoms with E-state index in [9.17, 15) is 14.4 Å². The molecule has 0 radical (unpaired) electrons. The molecule has 2 atom stereocenters. The topological polar surface area (TPSA) is 71.4 Å². The highest BCUT2D eigenvalue weighted by Crippen LogP contribution is 2.33. The lowest BCUT2D eigenvalue weighted by Gasteiger charge is -2.14. The van der Waals surface area contributed by atoms with Gasteiger partial charge in [-0.3, -0.25) is 14.4 Å². The minimum Gasteiger partial charge on any atom is -0.481 e. The molecule has 1 N–H and O–H groups in total. The summed E-state index contributed by atoms with van der Waals surface area (Å²) in [6.45, 7) is 1.98. The van der Waals surface area contributed by atoms with Gasteiger partial charge in [-0.2, -0.15) is 0 Å². The van der Waals surface area contributed by atoms with Crippen LogP contribution in [0.5, 0.6) is 0 Å². The Bertz CT molecular complexity index is 411. The van der Waals surface area contributed by atoms with Gasteiger partial charge in [-0.25, -0.2) is 0 Å². The summed E-state index contributed by atoms with van der Waals surface area (Å²) in [4.78, 5) is 33.9. The van der Waals surface area contributed by atoms with Crippen molar-refractivity contribution >= 4 is 17.5 Å². The number of Topliss-reactive ketones (excluding diaryl/α,β-unsaturated/α-hetero) is 1. The number of hydrogen-bond donors (Lipinski definition) is 1. The molecule has 0 saturated heterocycles. The fraction of sp³-hybridized carbons (Fsp3) is 0.722. The Balaban J connectivity index is 2.31. The summed E-state index contributed by atoms with van der Waals surface area (Å²) >= 11 is 0. The number of aliphatic carboxylic acids is 1. The van der Waals surface area contributed by atoms with Crippen molar-refractivity contribution in [3.63, 3.8) is 0 Å². The molecule has 0 amide bonds. The van der Waals surface area contributed by atoms with Gasteiger partial charge in [0.25, 0.3) is 0 Å². The maximum atomic E-state index is 12.0. The number of unbranched alkanes of at least 4 members (excludes halogenated alkanes) is 3. The van der Waals surface area contributed by atoms with E-state index in [-0.39, 0.29) is 24.0 Å². The summed E-state index contributed by atoms with van der Waals surface area (Å²) in [6.07, 6.45) is 11.2. The first-order valence-electron chi connectivity index (χ1n) is 8.50. The van der Waals surface area contributed by atoms with Crippen LogP contribution in [0.4, 0.5) is 0 Å². The molecule has 1 rings (SSSR count). The minimum absolute atomic E-state index is 0.0603. The smallest absolute Gasteiger partial charge is 0.303 e. The van der Waals surface area contributed by atoms with E-state index >= 15 is 0 Å². The van der Waals surface area contributed by atoms with Gasteiger partial charge in [0.2, 0.25) is 0 Å². The van der Waals surface area contributed by atoms with Gasteiger partial charge < -0.3 is 5.11 Å². The lowest BCUT2D eigenvalue weighted by atomic mass is 9.89. The molecule has 22 heavy (non-hydrogen) atoms. The van der Waals surface area contributed by atoms with Crippen molar-refractivity contribution in [2.75, 3.05) is 0 Å². The number of hydrogen-bond acceptors (Lipinski definition) is 3. The third-order valence-electron chi connectivity index (χ3n) is 4.34. The van der Waals surface area contributed by atoms with Crippen LogP contribution in [0.25, 0.3) is 0 Å². The fourth-order valence-corrected chi connectivity index (χ4v) is 3.09. The van der Waals surface area contributed by atoms with Gasteiger partial charge in [-0.05, 0) is 37.7 Å². The van der Waals surface area contributed by atoms with E-state index in [0.717, 1.165) is 38.5 Å². The molecule has 0 heterocycles. The van der Waals surface area contributed by atoms with E-state index in [1.165, 1.54) is 0 Å². The quantitative estimate of drug-likeness (QED) is 0.463. The zero-order valence-corrected chi connectivity index (χ0v) is 13.6. The highest BCUT2D eigenvalue weighted by molar-refractivity contribution is 5.90. The predicted molar refractivity (Wildman–Crippen MR) is 85.6 cm³/mol. The molecule has 1 saturated carbocycles. The zero-order valence-electron chi connectivity index (χ0n) is 13.6. The maximum Gasteiger partial charge on any atom is 0.303 e. The molecule has 0 aliphatic heterocycles. The Morgan fingerprint density at radius 1 is 1.18 bits per heavy atom. The van der Waals surface area contributed by atoms with Crippen LogP contribution in [-0.4, -0.2) is 22.6 Å². The van der Waals surface area contributed by atoms with E-state index in [1.807, 2.05) is 13.0 Å². The molecule has 0 spiro atoms. The molecule has 2 unspecified atom stereocenters. The standard InChI is InChI=1S/C18H28O4/c1-2-7-15(19)12-10-14-11-13-17(20)16(14)8-5-3-4-6-9-18(21)22/h10,12,14,16H,2-9,11,13H2,1H3,(H,21,22)/b12-10+. The van der Waals surface area contributed by atoms with Gasteiger partial charge in [0.1, 0.15) is 5.78 Å². The number of ketones is 2. The Hall–Kier alpha value is -1.45. The molecule has 4 heteroatoms. The second-order valence-corrected chi connectivity index (χ2v) is 6.20. The van der Waals surface area contributed by atoms with Gasteiger partial charge in [-0.1, -0.05) is 32.3 Å². The van der Waals surface area contributed by atoms with E-state index in [1.54, 1.807) is 6.08 Å². The van der Waals surface area contributed by atoms with Crippen LogP contribution in [-0.2, 0) is 14.4 Å². The number of carbonyl (C=O) groups is 3. The first-order chi connectivity index (χ1) is 10.5. The van der Waals surface area contributed by atoms with Crippen molar-refractivity contribution in [3.05, 3.63) is 12.2 Å². The Labute approximate surface area is 133 Å². The minimum atomic E-state index is -0.743. The molecule has 4 nitrogen and oxygen atoms in total. The van der Waals surface area contributed by atoms with Gasteiger partial charge in [-0.15, -0.1) is 0 Å². The largest absolute Gasteiger partial charge is 0.481 e. The monoisotopic (exact) mass is 308 g/mol. The Morgan fingerprint density at radius 3 is 2.59 bits per heavy atom. The molecule has 0 aromatic heterocycles. The summed E-state index contributed by atoms with van der Waals surface area (Å²) in [7, 11) is 0. The Kier molecular flexibility index (Phi) is 8.71. The number of carboxylic acid groups (broad SMARTS) is 1. The summed E-state index contributed by atoms with van der Waals surface area (Å²) in [5, 5.41) is 8.57. The van der Waals surface area contributed by atoms with Gasteiger partial charge in [0, 0.05) is 25.2 Å². The molecule has 1 fully saturated rings. The third kappa shape index (κ3) is 7.01. The third-order valence-corrected chi connectivity index (χ3v) is 4.34. The van der Waals surface area contributed by atoms with E-state index < -0.39 is 5.97 Å². The molecule has 1 aliphatic carbocycles. The second-order valence-electron chi connectivity index (χ2n) is 6.20. The van der Waals surface area contributed by atoms with Gasteiger partial charge in [0.15, 0.2) is 5.78 Å². The second kappa shape index (κ2) is 10.3. The summed E-state index contributed by atoms with van der Waals surface area (Å²) in [5.74, 6) is 0.00258. The highest BCUT2D eigenvalue weighted by Gasteiger charge is 2.32. The Morgan fingerprint density at radius 2 is 1.91 bits per heavy atom. The van der Waals surface area contributed by atoms with Crippen molar-refractivity contribution in [2.45, 2.75) is 71.1 Å². The van der Waals surface area contributed by atoms with Crippen molar-refractivity contribution < 1.29 is 19.5 Å². The molecule has 0 aromatic rings. The SMILES string of the molecule is CCCC(=O)/C=C/C1CCC(=O)C1CCCCCCC(=O)O. The first-order valence-corrected chi connectivity index (χ1v) is 8.50. The molecule has 0 aromatic carbocycles. The molecule has 124 valence electrons. The van der Waals surface area contributed by atoms with Crippen LogP contribution < -0.4 is 0 Å². The van der Waals surface area contributed by atoms with Crippen LogP contribution in [0.1, 0.15) is 71.1 Å². The van der Waals surface area contributed by atoms with Crippen molar-refractivity contribution in [1.29, 1.82) is 0 Å². The van der Waals surface area contributed by atoms with Crippen molar-refractivity contribution in [3.8, 4) is 0 Å². The van der Waals surface area contributed by atoms with Gasteiger partial charge >= 0.3 is 5.97 Å². The predicted octanol–water partition coefficient (Wildman–Crippen LogP) is 3.93. The highest BCUT2D eigenvalue weighted by atomic mass is 16.4. The first kappa shape index (κ1) is 18.6. The summed E-state index contributed by atoms with van der Waals surface area (Å²) < 4.78 is 0. The molecular formula is C18H28O4. The number of carboxylic acids is 1. The average Bonchev–Trinajstić information content (AvgIpc) is 2.81. The van der Waals surface area contributed by atoms with Gasteiger partial charge in [0.05, 0.1) is 0 Å². The van der Waals surface area contributed by atoms with E-state index in [4.69, 9.17) is 5.11 Å². The van der Waals surface area contributed by atoms with Crippen molar-refractivity contribution in [1.82, 2.24) is 0 Å². The van der Waals surface area contributed by atoms with E-state index in [0.29, 0.717) is 25.0 Å². The number of allylic oxidation sites excluding steroid dienone is 2. The lowest BCUT2D eigenvalue weighted by Crippen LogP contribution is -2.13. The maximum absolute atomic E-state index is 12.0. The number of rotatable bonds is 11. The summed E-state index contributed by atoms with van der Waals surface area (Å²) in [6, 6.07) is 0. The van der Waals surface area contributed by atoms with Crippen LogP contribution in [0.15, 0.2) is 12.2 Å². The normalized spacial score (nSPS) is 21.6. The van der Waals surface area contributed by atoms with Crippen LogP contribution in [0, 0.1) is 11.8 Å². The molecular weight excluding hydrogens is 280 g/mol. The van der Waals surface area contributed by atoms with Crippen LogP contribution >= 0.6 is 0 Å². The van der Waals surface area contributed by atoms with Crippen LogP contribution in [0.2, 0.25) is 0 Å². The molecule has 1 aliphatic rings.